The highest BCUT2D eigenvalue weighted by Crippen LogP contribution is 2.37. The lowest BCUT2D eigenvalue weighted by Gasteiger charge is -2.33. The first-order valence-electron chi connectivity index (χ1n) is 6.01. The van der Waals surface area contributed by atoms with Crippen LogP contribution in [0, 0.1) is 9.68 Å². The van der Waals surface area contributed by atoms with Crippen LogP contribution >= 0.6 is 22.6 Å². The summed E-state index contributed by atoms with van der Waals surface area (Å²) in [6.45, 7) is 0.361. The molecule has 0 spiro atoms. The Morgan fingerprint density at radius 1 is 1.28 bits per heavy atom. The number of rotatable bonds is 3. The highest BCUT2D eigenvalue weighted by Gasteiger charge is 2.45. The summed E-state index contributed by atoms with van der Waals surface area (Å²) in [5.74, 6) is -0.536. The lowest BCUT2D eigenvalue weighted by Crippen LogP contribution is -2.45. The van der Waals surface area contributed by atoms with Crippen LogP contribution < -0.4 is 5.32 Å². The van der Waals surface area contributed by atoms with Crippen molar-refractivity contribution in [3.8, 4) is 0 Å². The van der Waals surface area contributed by atoms with E-state index < -0.39 is 18.1 Å². The normalized spacial score (nSPS) is 25.3. The Bertz CT molecular complexity index is 391. The van der Waals surface area contributed by atoms with Crippen LogP contribution in [0.25, 0.3) is 0 Å². The molecule has 1 heterocycles. The molecule has 102 valence electrons. The van der Waals surface area contributed by atoms with Crippen molar-refractivity contribution >= 4 is 22.6 Å². The molecular formula is C12H15F3INO. The third-order valence-electron chi connectivity index (χ3n) is 3.35. The van der Waals surface area contributed by atoms with Gasteiger partial charge in [-0.1, -0.05) is 12.8 Å². The number of furan rings is 1. The summed E-state index contributed by atoms with van der Waals surface area (Å²) in [7, 11) is 0. The average molecular weight is 373 g/mol. The maximum absolute atomic E-state index is 12.9. The number of hydrogen-bond acceptors (Lipinski definition) is 2. The third kappa shape index (κ3) is 3.63. The van der Waals surface area contributed by atoms with E-state index in [-0.39, 0.29) is 6.42 Å². The van der Waals surface area contributed by atoms with Crippen LogP contribution in [0.2, 0.25) is 0 Å². The van der Waals surface area contributed by atoms with Gasteiger partial charge in [-0.25, -0.2) is 0 Å². The zero-order valence-electron chi connectivity index (χ0n) is 9.77. The summed E-state index contributed by atoms with van der Waals surface area (Å²) in [5.41, 5.74) is 0. The maximum Gasteiger partial charge on any atom is 0.393 e. The number of hydrogen-bond donors (Lipinski definition) is 1. The molecule has 1 saturated carbocycles. The lowest BCUT2D eigenvalue weighted by atomic mass is 9.84. The van der Waals surface area contributed by atoms with Crippen LogP contribution in [0.1, 0.15) is 31.4 Å². The Morgan fingerprint density at radius 2 is 2.00 bits per heavy atom. The van der Waals surface area contributed by atoms with Gasteiger partial charge in [0.1, 0.15) is 5.76 Å². The molecule has 0 aliphatic heterocycles. The van der Waals surface area contributed by atoms with E-state index in [0.717, 1.165) is 10.2 Å². The second-order valence-electron chi connectivity index (χ2n) is 4.63. The maximum atomic E-state index is 12.9. The fraction of sp³-hybridized carbons (Fsp3) is 0.667. The molecule has 1 N–H and O–H groups in total. The van der Waals surface area contributed by atoms with Crippen molar-refractivity contribution in [3.63, 3.8) is 0 Å². The molecule has 1 aromatic rings. The van der Waals surface area contributed by atoms with Gasteiger partial charge in [-0.15, -0.1) is 0 Å². The van der Waals surface area contributed by atoms with Gasteiger partial charge in [0.15, 0.2) is 3.77 Å². The summed E-state index contributed by atoms with van der Waals surface area (Å²) < 4.78 is 44.7. The Hall–Kier alpha value is -0.240. The van der Waals surface area contributed by atoms with Gasteiger partial charge in [-0.2, -0.15) is 13.2 Å². The second kappa shape index (κ2) is 5.81. The van der Waals surface area contributed by atoms with E-state index in [1.54, 1.807) is 12.1 Å². The smallest absolute Gasteiger partial charge is 0.393 e. The first kappa shape index (κ1) is 14.2. The Labute approximate surface area is 117 Å². The van der Waals surface area contributed by atoms with Crippen molar-refractivity contribution in [3.05, 3.63) is 21.7 Å². The molecular weight excluding hydrogens is 358 g/mol. The SMILES string of the molecule is FC(F)(F)C1CCCCC1NCc1ccc(I)o1. The van der Waals surface area contributed by atoms with Crippen molar-refractivity contribution < 1.29 is 17.6 Å². The van der Waals surface area contributed by atoms with Crippen LogP contribution in [0.5, 0.6) is 0 Å². The molecule has 1 aliphatic rings. The minimum absolute atomic E-state index is 0.233. The Kier molecular flexibility index (Phi) is 4.58. The highest BCUT2D eigenvalue weighted by atomic mass is 127. The number of halogens is 4. The molecule has 1 aliphatic carbocycles. The summed E-state index contributed by atoms with van der Waals surface area (Å²) in [6.07, 6.45) is -1.75. The van der Waals surface area contributed by atoms with Crippen LogP contribution in [0.15, 0.2) is 16.5 Å². The van der Waals surface area contributed by atoms with Gasteiger partial charge in [0.2, 0.25) is 0 Å². The summed E-state index contributed by atoms with van der Waals surface area (Å²) >= 11 is 2.04. The number of alkyl halides is 3. The first-order chi connectivity index (χ1) is 8.47. The molecule has 0 aromatic carbocycles. The lowest BCUT2D eigenvalue weighted by molar-refractivity contribution is -0.189. The highest BCUT2D eigenvalue weighted by molar-refractivity contribution is 14.1. The van der Waals surface area contributed by atoms with Gasteiger partial charge in [0, 0.05) is 6.04 Å². The molecule has 2 rings (SSSR count). The van der Waals surface area contributed by atoms with Gasteiger partial charge in [-0.3, -0.25) is 0 Å². The molecule has 1 fully saturated rings. The number of nitrogens with one attached hydrogen (secondary N) is 1. The molecule has 0 bridgehead atoms. The second-order valence-corrected chi connectivity index (χ2v) is 5.69. The van der Waals surface area contributed by atoms with E-state index in [2.05, 4.69) is 5.32 Å². The summed E-state index contributed by atoms with van der Waals surface area (Å²) in [5, 5.41) is 2.99. The fourth-order valence-corrected chi connectivity index (χ4v) is 2.91. The minimum atomic E-state index is -4.10. The van der Waals surface area contributed by atoms with E-state index in [0.29, 0.717) is 25.1 Å². The van der Waals surface area contributed by atoms with E-state index in [1.165, 1.54) is 0 Å². The predicted molar refractivity (Wildman–Crippen MR) is 70.1 cm³/mol. The largest absolute Gasteiger partial charge is 0.454 e. The van der Waals surface area contributed by atoms with Gasteiger partial charge >= 0.3 is 6.18 Å². The van der Waals surface area contributed by atoms with E-state index in [4.69, 9.17) is 4.42 Å². The third-order valence-corrected chi connectivity index (χ3v) is 3.93. The molecule has 2 atom stereocenters. The van der Waals surface area contributed by atoms with E-state index >= 15 is 0 Å². The van der Waals surface area contributed by atoms with Crippen LogP contribution in [-0.4, -0.2) is 12.2 Å². The van der Waals surface area contributed by atoms with E-state index in [1.807, 2.05) is 22.6 Å². The topological polar surface area (TPSA) is 25.2 Å². The van der Waals surface area contributed by atoms with Crippen molar-refractivity contribution in [2.45, 2.75) is 44.4 Å². The Balaban J connectivity index is 1.93. The fourth-order valence-electron chi connectivity index (χ4n) is 2.45. The van der Waals surface area contributed by atoms with Crippen molar-refractivity contribution in [2.75, 3.05) is 0 Å². The molecule has 0 saturated heterocycles. The Morgan fingerprint density at radius 3 is 2.61 bits per heavy atom. The summed E-state index contributed by atoms with van der Waals surface area (Å²) in [6, 6.07) is 3.11. The molecule has 18 heavy (non-hydrogen) atoms. The molecule has 1 aromatic heterocycles. The standard InChI is InChI=1S/C12H15F3INO/c13-12(14,15)9-3-1-2-4-10(9)17-7-8-5-6-11(16)18-8/h5-6,9-10,17H,1-4,7H2. The molecule has 0 amide bonds. The molecule has 2 nitrogen and oxygen atoms in total. The van der Waals surface area contributed by atoms with Gasteiger partial charge < -0.3 is 9.73 Å². The summed E-state index contributed by atoms with van der Waals surface area (Å²) in [4.78, 5) is 0. The minimum Gasteiger partial charge on any atom is -0.454 e. The van der Waals surface area contributed by atoms with Gasteiger partial charge in [-0.05, 0) is 47.6 Å². The predicted octanol–water partition coefficient (Wildman–Crippen LogP) is 4.09. The van der Waals surface area contributed by atoms with Crippen LogP contribution in [0.4, 0.5) is 13.2 Å². The monoisotopic (exact) mass is 373 g/mol. The molecule has 0 radical (unpaired) electrons. The van der Waals surface area contributed by atoms with Crippen molar-refractivity contribution in [2.24, 2.45) is 5.92 Å². The van der Waals surface area contributed by atoms with Crippen molar-refractivity contribution in [1.82, 2.24) is 5.32 Å². The molecule has 2 unspecified atom stereocenters. The van der Waals surface area contributed by atoms with Gasteiger partial charge in [0.05, 0.1) is 12.5 Å². The molecule has 6 heteroatoms. The first-order valence-corrected chi connectivity index (χ1v) is 7.09. The zero-order valence-corrected chi connectivity index (χ0v) is 11.9. The van der Waals surface area contributed by atoms with Crippen LogP contribution in [0.3, 0.4) is 0 Å². The van der Waals surface area contributed by atoms with Crippen LogP contribution in [-0.2, 0) is 6.54 Å². The zero-order chi connectivity index (χ0) is 13.2. The van der Waals surface area contributed by atoms with Crippen molar-refractivity contribution in [1.29, 1.82) is 0 Å². The van der Waals surface area contributed by atoms with E-state index in [9.17, 15) is 13.2 Å². The van der Waals surface area contributed by atoms with Gasteiger partial charge in [0.25, 0.3) is 0 Å². The average Bonchev–Trinajstić information content (AvgIpc) is 2.72. The quantitative estimate of drug-likeness (QED) is 0.808.